The zero-order chi connectivity index (χ0) is 7.03. The molecule has 0 aromatic carbocycles. The van der Waals surface area contributed by atoms with E-state index >= 15 is 0 Å². The van der Waals surface area contributed by atoms with E-state index in [0.29, 0.717) is 0 Å². The van der Waals surface area contributed by atoms with Gasteiger partial charge in [-0.25, -0.2) is 0 Å². The Kier molecular flexibility index (Phi) is 0.910. The summed E-state index contributed by atoms with van der Waals surface area (Å²) in [5, 5.41) is 0. The number of rotatable bonds is 0. The average molecular weight is 136 g/mol. The average Bonchev–Trinajstić information content (AvgIpc) is 2.29. The zero-order valence-electron chi connectivity index (χ0n) is 5.40. The first-order valence-electron chi connectivity index (χ1n) is 3.09. The summed E-state index contributed by atoms with van der Waals surface area (Å²) >= 11 is 0. The van der Waals surface area contributed by atoms with E-state index in [1.54, 1.807) is 23.4 Å². The lowest BCUT2D eigenvalue weighted by Crippen LogP contribution is -2.48. The van der Waals surface area contributed by atoms with Crippen LogP contribution in [0.5, 0.6) is 0 Å². The van der Waals surface area contributed by atoms with Crippen molar-refractivity contribution in [1.29, 1.82) is 0 Å². The van der Waals surface area contributed by atoms with Crippen LogP contribution in [0.25, 0.3) is 0 Å². The Morgan fingerprint density at radius 1 is 1.30 bits per heavy atom. The fourth-order valence-corrected chi connectivity index (χ4v) is 1.01. The van der Waals surface area contributed by atoms with Crippen LogP contribution in [0.4, 0.5) is 0 Å². The van der Waals surface area contributed by atoms with Crippen LogP contribution in [0, 0.1) is 0 Å². The molecule has 0 unspecified atom stereocenters. The van der Waals surface area contributed by atoms with Crippen molar-refractivity contribution < 1.29 is 4.74 Å². The quantitative estimate of drug-likeness (QED) is 0.526. The molecular weight excluding hydrogens is 128 g/mol. The summed E-state index contributed by atoms with van der Waals surface area (Å²) in [6.07, 6.45) is 10.8. The third-order valence-electron chi connectivity index (χ3n) is 1.57. The number of hydrogen-bond donors (Lipinski definition) is 1. The van der Waals surface area contributed by atoms with Gasteiger partial charge in [0.2, 0.25) is 0 Å². The standard InChI is InChI=1S/C7H8N2O/c8-7-3-1-2-4-9(7)5-6-10-7/h1-6H,8H2/t7-/m1/s1. The van der Waals surface area contributed by atoms with Crippen molar-refractivity contribution in [3.05, 3.63) is 36.9 Å². The van der Waals surface area contributed by atoms with Crippen LogP contribution < -0.4 is 5.73 Å². The maximum atomic E-state index is 5.77. The molecule has 2 rings (SSSR count). The van der Waals surface area contributed by atoms with Crippen LogP contribution in [0.1, 0.15) is 0 Å². The summed E-state index contributed by atoms with van der Waals surface area (Å²) in [4.78, 5) is 1.80. The Labute approximate surface area is 59.1 Å². The summed E-state index contributed by atoms with van der Waals surface area (Å²) in [5.41, 5.74) is 5.77. The minimum Gasteiger partial charge on any atom is -0.457 e. The predicted molar refractivity (Wildman–Crippen MR) is 37.3 cm³/mol. The van der Waals surface area contributed by atoms with E-state index in [1.807, 2.05) is 18.4 Å². The molecule has 10 heavy (non-hydrogen) atoms. The highest BCUT2D eigenvalue weighted by atomic mass is 16.5. The second-order valence-electron chi connectivity index (χ2n) is 2.26. The second-order valence-corrected chi connectivity index (χ2v) is 2.26. The molecule has 2 aliphatic rings. The monoisotopic (exact) mass is 136 g/mol. The summed E-state index contributed by atoms with van der Waals surface area (Å²) in [7, 11) is 0. The molecule has 2 N–H and O–H groups in total. The molecule has 0 saturated carbocycles. The van der Waals surface area contributed by atoms with Gasteiger partial charge in [0.05, 0.1) is 0 Å². The van der Waals surface area contributed by atoms with Crippen LogP contribution >= 0.6 is 0 Å². The third kappa shape index (κ3) is 0.579. The fourth-order valence-electron chi connectivity index (χ4n) is 1.01. The van der Waals surface area contributed by atoms with Gasteiger partial charge in [-0.2, -0.15) is 0 Å². The molecule has 0 aromatic heterocycles. The number of ether oxygens (including phenoxy) is 1. The zero-order valence-corrected chi connectivity index (χ0v) is 5.40. The summed E-state index contributed by atoms with van der Waals surface area (Å²) in [6.45, 7) is 0. The van der Waals surface area contributed by atoms with Gasteiger partial charge in [0.1, 0.15) is 6.26 Å². The third-order valence-corrected chi connectivity index (χ3v) is 1.57. The number of nitrogens with zero attached hydrogens (tertiary/aromatic N) is 1. The Bertz CT molecular complexity index is 232. The van der Waals surface area contributed by atoms with Gasteiger partial charge >= 0.3 is 0 Å². The highest BCUT2D eigenvalue weighted by Crippen LogP contribution is 2.22. The van der Waals surface area contributed by atoms with Gasteiger partial charge in [0, 0.05) is 12.4 Å². The maximum absolute atomic E-state index is 5.77. The van der Waals surface area contributed by atoms with Gasteiger partial charge in [0.15, 0.2) is 0 Å². The van der Waals surface area contributed by atoms with Crippen molar-refractivity contribution in [2.45, 2.75) is 5.85 Å². The molecule has 2 aliphatic heterocycles. The van der Waals surface area contributed by atoms with Crippen molar-refractivity contribution in [3.8, 4) is 0 Å². The van der Waals surface area contributed by atoms with Crippen molar-refractivity contribution in [3.63, 3.8) is 0 Å². The first kappa shape index (κ1) is 5.56. The number of nitrogens with two attached hydrogens (primary N) is 1. The number of allylic oxidation sites excluding steroid dienone is 2. The van der Waals surface area contributed by atoms with Crippen molar-refractivity contribution in [2.24, 2.45) is 5.73 Å². The lowest BCUT2D eigenvalue weighted by Gasteiger charge is -2.30. The van der Waals surface area contributed by atoms with Gasteiger partial charge in [0.25, 0.3) is 5.85 Å². The van der Waals surface area contributed by atoms with E-state index in [4.69, 9.17) is 10.5 Å². The van der Waals surface area contributed by atoms with Gasteiger partial charge < -0.3 is 4.74 Å². The molecule has 0 amide bonds. The SMILES string of the molecule is N[C@]12C=CC=CN1C=CO2. The van der Waals surface area contributed by atoms with E-state index in [2.05, 4.69) is 0 Å². The molecule has 0 radical (unpaired) electrons. The molecule has 0 fully saturated rings. The lowest BCUT2D eigenvalue weighted by molar-refractivity contribution is 0.00910. The fraction of sp³-hybridized carbons (Fsp3) is 0.143. The number of hydrogen-bond acceptors (Lipinski definition) is 3. The molecule has 2 heterocycles. The molecule has 0 saturated heterocycles. The molecule has 3 heteroatoms. The van der Waals surface area contributed by atoms with Crippen LogP contribution in [-0.2, 0) is 4.74 Å². The molecule has 0 bridgehead atoms. The van der Waals surface area contributed by atoms with Crippen LogP contribution in [0.15, 0.2) is 36.9 Å². The van der Waals surface area contributed by atoms with Gasteiger partial charge in [-0.15, -0.1) is 0 Å². The van der Waals surface area contributed by atoms with Crippen molar-refractivity contribution in [2.75, 3.05) is 0 Å². The Balaban J connectivity index is 2.35. The van der Waals surface area contributed by atoms with E-state index in [-0.39, 0.29) is 0 Å². The summed E-state index contributed by atoms with van der Waals surface area (Å²) in [5.74, 6) is -0.755. The van der Waals surface area contributed by atoms with E-state index in [9.17, 15) is 0 Å². The highest BCUT2D eigenvalue weighted by Gasteiger charge is 2.32. The van der Waals surface area contributed by atoms with Crippen LogP contribution in [0.2, 0.25) is 0 Å². The maximum Gasteiger partial charge on any atom is 0.261 e. The Morgan fingerprint density at radius 3 is 3.00 bits per heavy atom. The lowest BCUT2D eigenvalue weighted by atomic mass is 10.3. The van der Waals surface area contributed by atoms with Gasteiger partial charge in [-0.05, 0) is 12.2 Å². The molecule has 3 nitrogen and oxygen atoms in total. The predicted octanol–water partition coefficient (Wildman–Crippen LogP) is 0.486. The van der Waals surface area contributed by atoms with Crippen molar-refractivity contribution in [1.82, 2.24) is 4.90 Å². The Morgan fingerprint density at radius 2 is 2.20 bits per heavy atom. The minimum atomic E-state index is -0.755. The molecule has 52 valence electrons. The Hall–Kier alpha value is -1.22. The van der Waals surface area contributed by atoms with E-state index < -0.39 is 5.85 Å². The van der Waals surface area contributed by atoms with Crippen LogP contribution in [-0.4, -0.2) is 10.7 Å². The molecule has 0 aliphatic carbocycles. The highest BCUT2D eigenvalue weighted by molar-refractivity contribution is 5.20. The van der Waals surface area contributed by atoms with E-state index in [1.165, 1.54) is 0 Å². The first-order valence-corrected chi connectivity index (χ1v) is 3.09. The molecule has 1 atom stereocenters. The molecule has 0 spiro atoms. The van der Waals surface area contributed by atoms with Gasteiger partial charge in [-0.1, -0.05) is 6.08 Å². The van der Waals surface area contributed by atoms with E-state index in [0.717, 1.165) is 0 Å². The van der Waals surface area contributed by atoms with Gasteiger partial charge in [-0.3, -0.25) is 10.6 Å². The minimum absolute atomic E-state index is 0.755. The van der Waals surface area contributed by atoms with Crippen molar-refractivity contribution >= 4 is 0 Å². The largest absolute Gasteiger partial charge is 0.457 e. The van der Waals surface area contributed by atoms with Crippen LogP contribution in [0.3, 0.4) is 0 Å². The number of fused-ring (bicyclic) bond motifs is 1. The molecular formula is C7H8N2O. The topological polar surface area (TPSA) is 38.5 Å². The summed E-state index contributed by atoms with van der Waals surface area (Å²) in [6, 6.07) is 0. The molecule has 0 aromatic rings. The second kappa shape index (κ2) is 1.64. The summed E-state index contributed by atoms with van der Waals surface area (Å²) < 4.78 is 5.13. The normalized spacial score (nSPS) is 34.3. The first-order chi connectivity index (χ1) is 4.81. The smallest absolute Gasteiger partial charge is 0.261 e.